The van der Waals surface area contributed by atoms with E-state index >= 15 is 0 Å². The Morgan fingerprint density at radius 1 is 1.38 bits per heavy atom. The molecule has 0 fully saturated rings. The number of sulfonamides is 1. The fourth-order valence-electron chi connectivity index (χ4n) is 1.75. The predicted octanol–water partition coefficient (Wildman–Crippen LogP) is 2.03. The summed E-state index contributed by atoms with van der Waals surface area (Å²) in [5.74, 6) is -0.986. The van der Waals surface area contributed by atoms with Crippen molar-refractivity contribution >= 4 is 31.9 Å². The number of hydrogen-bond acceptors (Lipinski definition) is 3. The van der Waals surface area contributed by atoms with Crippen molar-refractivity contribution < 1.29 is 17.6 Å². The summed E-state index contributed by atoms with van der Waals surface area (Å²) < 4.78 is 40.4. The van der Waals surface area contributed by atoms with Crippen LogP contribution in [-0.4, -0.2) is 27.4 Å². The monoisotopic (exact) mass is 380 g/mol. The Morgan fingerprint density at radius 3 is 2.48 bits per heavy atom. The molecule has 1 rings (SSSR count). The molecule has 0 aliphatic rings. The highest BCUT2D eigenvalue weighted by Crippen LogP contribution is 2.20. The smallest absolute Gasteiger partial charge is 0.241 e. The summed E-state index contributed by atoms with van der Waals surface area (Å²) >= 11 is 2.96. The quantitative estimate of drug-likeness (QED) is 0.792. The predicted molar refractivity (Wildman–Crippen MR) is 81.7 cm³/mol. The number of hydrogen-bond donors (Lipinski definition) is 2. The maximum absolute atomic E-state index is 13.5. The summed E-state index contributed by atoms with van der Waals surface area (Å²) in [6.07, 6.45) is 0.345. The molecule has 118 valence electrons. The molecule has 1 aromatic carbocycles. The maximum atomic E-state index is 13.5. The minimum absolute atomic E-state index is 0.122. The molecule has 1 amide bonds. The van der Waals surface area contributed by atoms with Crippen molar-refractivity contribution in [1.29, 1.82) is 0 Å². The van der Waals surface area contributed by atoms with Crippen LogP contribution in [0.1, 0.15) is 20.3 Å². The molecule has 0 aliphatic carbocycles. The van der Waals surface area contributed by atoms with E-state index in [2.05, 4.69) is 26.0 Å². The van der Waals surface area contributed by atoms with Gasteiger partial charge >= 0.3 is 0 Å². The fraction of sp³-hybridized carbons (Fsp3) is 0.462. The van der Waals surface area contributed by atoms with Gasteiger partial charge in [0.1, 0.15) is 11.9 Å². The largest absolute Gasteiger partial charge is 0.358 e. The Labute approximate surface area is 132 Å². The molecule has 1 atom stereocenters. The SMILES string of the molecule is CNC(=O)C(CC(C)C)NS(=O)(=O)c1ccc(Br)c(F)c1. The van der Waals surface area contributed by atoms with Crippen LogP contribution in [0.5, 0.6) is 0 Å². The second-order valence-corrected chi connectivity index (χ2v) is 7.56. The molecule has 8 heteroatoms. The van der Waals surface area contributed by atoms with Crippen LogP contribution in [0.2, 0.25) is 0 Å². The van der Waals surface area contributed by atoms with Gasteiger partial charge in [-0.2, -0.15) is 4.72 Å². The van der Waals surface area contributed by atoms with E-state index in [9.17, 15) is 17.6 Å². The van der Waals surface area contributed by atoms with Crippen molar-refractivity contribution in [1.82, 2.24) is 10.0 Å². The van der Waals surface area contributed by atoms with E-state index in [-0.39, 0.29) is 15.3 Å². The second-order valence-electron chi connectivity index (χ2n) is 4.99. The molecule has 0 aromatic heterocycles. The summed E-state index contributed by atoms with van der Waals surface area (Å²) in [6.45, 7) is 3.76. The molecule has 2 N–H and O–H groups in total. The summed E-state index contributed by atoms with van der Waals surface area (Å²) in [6, 6.07) is 2.59. The highest BCUT2D eigenvalue weighted by molar-refractivity contribution is 9.10. The summed E-state index contributed by atoms with van der Waals surface area (Å²) in [5, 5.41) is 2.42. The van der Waals surface area contributed by atoms with E-state index in [1.165, 1.54) is 19.2 Å². The molecule has 0 aliphatic heterocycles. The van der Waals surface area contributed by atoms with Gasteiger partial charge < -0.3 is 5.32 Å². The highest BCUT2D eigenvalue weighted by Gasteiger charge is 2.26. The zero-order valence-corrected chi connectivity index (χ0v) is 14.4. The van der Waals surface area contributed by atoms with E-state index in [4.69, 9.17) is 0 Å². The zero-order valence-electron chi connectivity index (χ0n) is 12.0. The molecule has 0 saturated carbocycles. The van der Waals surface area contributed by atoms with Gasteiger partial charge in [-0.25, -0.2) is 12.8 Å². The van der Waals surface area contributed by atoms with Crippen LogP contribution >= 0.6 is 15.9 Å². The Morgan fingerprint density at radius 2 is 2.00 bits per heavy atom. The van der Waals surface area contributed by atoms with Gasteiger partial charge in [0.25, 0.3) is 0 Å². The Hall–Kier alpha value is -0.990. The zero-order chi connectivity index (χ0) is 16.2. The molecule has 1 unspecified atom stereocenters. The highest BCUT2D eigenvalue weighted by atomic mass is 79.9. The number of halogens is 2. The lowest BCUT2D eigenvalue weighted by atomic mass is 10.0. The van der Waals surface area contributed by atoms with E-state index in [0.29, 0.717) is 6.42 Å². The molecule has 0 spiro atoms. The number of benzene rings is 1. The number of rotatable bonds is 6. The molecule has 21 heavy (non-hydrogen) atoms. The lowest BCUT2D eigenvalue weighted by Crippen LogP contribution is -2.46. The third kappa shape index (κ3) is 5.05. The van der Waals surface area contributed by atoms with Gasteiger partial charge in [-0.3, -0.25) is 4.79 Å². The molecule has 5 nitrogen and oxygen atoms in total. The van der Waals surface area contributed by atoms with Crippen molar-refractivity contribution in [2.75, 3.05) is 7.05 Å². The summed E-state index contributed by atoms with van der Waals surface area (Å²) in [4.78, 5) is 11.5. The second kappa shape index (κ2) is 7.33. The lowest BCUT2D eigenvalue weighted by molar-refractivity contribution is -0.122. The van der Waals surface area contributed by atoms with Gasteiger partial charge in [0.2, 0.25) is 15.9 Å². The molecular weight excluding hydrogens is 363 g/mol. The first-order valence-corrected chi connectivity index (χ1v) is 8.64. The standard InChI is InChI=1S/C13H18BrFN2O3S/c1-8(2)6-12(13(18)16-3)17-21(19,20)9-4-5-10(14)11(15)7-9/h4-5,7-8,12,17H,6H2,1-3H3,(H,16,18). The molecule has 0 saturated heterocycles. The van der Waals surface area contributed by atoms with Crippen molar-refractivity contribution in [3.63, 3.8) is 0 Å². The summed E-state index contributed by atoms with van der Waals surface area (Å²) in [5.41, 5.74) is 0. The van der Waals surface area contributed by atoms with Crippen LogP contribution in [-0.2, 0) is 14.8 Å². The molecule has 0 heterocycles. The molecular formula is C13H18BrFN2O3S. The van der Waals surface area contributed by atoms with Gasteiger partial charge in [-0.05, 0) is 46.5 Å². The van der Waals surface area contributed by atoms with Crippen LogP contribution in [0.4, 0.5) is 4.39 Å². The Kier molecular flexibility index (Phi) is 6.30. The van der Waals surface area contributed by atoms with Gasteiger partial charge in [0.15, 0.2) is 0 Å². The maximum Gasteiger partial charge on any atom is 0.241 e. The number of carbonyl (C=O) groups excluding carboxylic acids is 1. The normalized spacial score (nSPS) is 13.2. The van der Waals surface area contributed by atoms with Crippen molar-refractivity contribution in [3.05, 3.63) is 28.5 Å². The average molecular weight is 381 g/mol. The number of nitrogens with one attached hydrogen (secondary N) is 2. The fourth-order valence-corrected chi connectivity index (χ4v) is 3.22. The first-order chi connectivity index (χ1) is 9.67. The van der Waals surface area contributed by atoms with E-state index < -0.39 is 27.8 Å². The van der Waals surface area contributed by atoms with E-state index in [0.717, 1.165) is 6.07 Å². The van der Waals surface area contributed by atoms with E-state index in [1.807, 2.05) is 13.8 Å². The van der Waals surface area contributed by atoms with Gasteiger partial charge in [-0.15, -0.1) is 0 Å². The third-order valence-corrected chi connectivity index (χ3v) is 4.88. The van der Waals surface area contributed by atoms with E-state index in [1.54, 1.807) is 0 Å². The number of carbonyl (C=O) groups is 1. The molecule has 1 aromatic rings. The number of likely N-dealkylation sites (N-methyl/N-ethyl adjacent to an activating group) is 1. The van der Waals surface area contributed by atoms with Crippen LogP contribution < -0.4 is 10.0 Å². The Bertz CT molecular complexity index is 620. The number of amides is 1. The van der Waals surface area contributed by atoms with Crippen LogP contribution in [0, 0.1) is 11.7 Å². The first kappa shape index (κ1) is 18.1. The van der Waals surface area contributed by atoms with Crippen molar-refractivity contribution in [3.8, 4) is 0 Å². The van der Waals surface area contributed by atoms with Crippen LogP contribution in [0.15, 0.2) is 27.6 Å². The minimum atomic E-state index is -3.97. The molecule has 0 bridgehead atoms. The topological polar surface area (TPSA) is 75.3 Å². The van der Waals surface area contributed by atoms with Gasteiger partial charge in [0.05, 0.1) is 9.37 Å². The third-order valence-electron chi connectivity index (χ3n) is 2.77. The Balaban J connectivity index is 3.05. The van der Waals surface area contributed by atoms with Crippen molar-refractivity contribution in [2.45, 2.75) is 31.2 Å². The average Bonchev–Trinajstić information content (AvgIpc) is 2.39. The van der Waals surface area contributed by atoms with Crippen molar-refractivity contribution in [2.24, 2.45) is 5.92 Å². The van der Waals surface area contributed by atoms with Gasteiger partial charge in [-0.1, -0.05) is 13.8 Å². The van der Waals surface area contributed by atoms with Crippen LogP contribution in [0.25, 0.3) is 0 Å². The minimum Gasteiger partial charge on any atom is -0.358 e. The van der Waals surface area contributed by atoms with Crippen LogP contribution in [0.3, 0.4) is 0 Å². The molecule has 0 radical (unpaired) electrons. The summed E-state index contributed by atoms with van der Waals surface area (Å²) in [7, 11) is -2.54. The van der Waals surface area contributed by atoms with Gasteiger partial charge in [0, 0.05) is 7.05 Å². The lowest BCUT2D eigenvalue weighted by Gasteiger charge is -2.19. The first-order valence-electron chi connectivity index (χ1n) is 6.36.